The van der Waals surface area contributed by atoms with Crippen molar-refractivity contribution in [3.05, 3.63) is 29.8 Å². The molecule has 1 fully saturated rings. The lowest BCUT2D eigenvalue weighted by molar-refractivity contribution is 0.171. The van der Waals surface area contributed by atoms with Crippen molar-refractivity contribution in [2.75, 3.05) is 18.9 Å². The fourth-order valence-corrected chi connectivity index (χ4v) is 1.82. The molecule has 1 saturated heterocycles. The van der Waals surface area contributed by atoms with Gasteiger partial charge in [0.25, 0.3) is 0 Å². The SMILES string of the molecule is CC1(NCc2cccc(N)c2)CCOC1. The van der Waals surface area contributed by atoms with Gasteiger partial charge in [-0.2, -0.15) is 0 Å². The van der Waals surface area contributed by atoms with Gasteiger partial charge in [-0.15, -0.1) is 0 Å². The smallest absolute Gasteiger partial charge is 0.0646 e. The predicted molar refractivity (Wildman–Crippen MR) is 61.5 cm³/mol. The third kappa shape index (κ3) is 2.70. The van der Waals surface area contributed by atoms with Crippen molar-refractivity contribution < 1.29 is 4.74 Å². The first kappa shape index (κ1) is 10.5. The fraction of sp³-hybridized carbons (Fsp3) is 0.500. The summed E-state index contributed by atoms with van der Waals surface area (Å²) in [4.78, 5) is 0. The average Bonchev–Trinajstić information content (AvgIpc) is 2.63. The van der Waals surface area contributed by atoms with Crippen LogP contribution in [0.25, 0.3) is 0 Å². The molecule has 0 spiro atoms. The minimum absolute atomic E-state index is 0.130. The molecule has 1 aromatic rings. The molecule has 0 saturated carbocycles. The maximum absolute atomic E-state index is 5.72. The van der Waals surface area contributed by atoms with Crippen LogP contribution in [0, 0.1) is 0 Å². The lowest BCUT2D eigenvalue weighted by Gasteiger charge is -2.23. The Hall–Kier alpha value is -1.06. The number of nitrogen functional groups attached to an aromatic ring is 1. The molecule has 3 N–H and O–H groups in total. The second-order valence-electron chi connectivity index (χ2n) is 4.46. The molecule has 1 unspecified atom stereocenters. The number of nitrogens with one attached hydrogen (secondary N) is 1. The third-order valence-electron chi connectivity index (χ3n) is 2.89. The van der Waals surface area contributed by atoms with Gasteiger partial charge >= 0.3 is 0 Å². The summed E-state index contributed by atoms with van der Waals surface area (Å²) in [6.45, 7) is 4.72. The molecule has 0 bridgehead atoms. The number of hydrogen-bond donors (Lipinski definition) is 2. The Labute approximate surface area is 90.6 Å². The minimum atomic E-state index is 0.130. The fourth-order valence-electron chi connectivity index (χ4n) is 1.82. The molecule has 1 heterocycles. The number of anilines is 1. The molecular formula is C12H18N2O. The van der Waals surface area contributed by atoms with E-state index in [-0.39, 0.29) is 5.54 Å². The Morgan fingerprint density at radius 1 is 1.53 bits per heavy atom. The summed E-state index contributed by atoms with van der Waals surface area (Å²) in [6, 6.07) is 7.98. The van der Waals surface area contributed by atoms with Crippen LogP contribution in [-0.2, 0) is 11.3 Å². The van der Waals surface area contributed by atoms with E-state index in [1.54, 1.807) is 0 Å². The van der Waals surface area contributed by atoms with Crippen molar-refractivity contribution in [1.82, 2.24) is 5.32 Å². The molecule has 0 amide bonds. The van der Waals surface area contributed by atoms with Crippen LogP contribution in [0.1, 0.15) is 18.9 Å². The van der Waals surface area contributed by atoms with Gasteiger partial charge in [0.15, 0.2) is 0 Å². The van der Waals surface area contributed by atoms with Gasteiger partial charge in [-0.25, -0.2) is 0 Å². The number of ether oxygens (including phenoxy) is 1. The molecule has 82 valence electrons. The summed E-state index contributed by atoms with van der Waals surface area (Å²) in [5, 5.41) is 3.52. The van der Waals surface area contributed by atoms with E-state index < -0.39 is 0 Å². The summed E-state index contributed by atoms with van der Waals surface area (Å²) in [6.07, 6.45) is 1.08. The van der Waals surface area contributed by atoms with Crippen LogP contribution < -0.4 is 11.1 Å². The number of nitrogens with two attached hydrogens (primary N) is 1. The van der Waals surface area contributed by atoms with Gasteiger partial charge in [-0.1, -0.05) is 12.1 Å². The Balaban J connectivity index is 1.92. The molecule has 0 aliphatic carbocycles. The number of benzene rings is 1. The highest BCUT2D eigenvalue weighted by Crippen LogP contribution is 2.18. The van der Waals surface area contributed by atoms with E-state index in [2.05, 4.69) is 18.3 Å². The molecule has 1 aliphatic rings. The van der Waals surface area contributed by atoms with Crippen molar-refractivity contribution in [2.45, 2.75) is 25.4 Å². The average molecular weight is 206 g/mol. The van der Waals surface area contributed by atoms with E-state index in [1.807, 2.05) is 18.2 Å². The second kappa shape index (κ2) is 4.21. The van der Waals surface area contributed by atoms with E-state index in [0.29, 0.717) is 0 Å². The van der Waals surface area contributed by atoms with E-state index in [0.717, 1.165) is 31.9 Å². The zero-order valence-electron chi connectivity index (χ0n) is 9.12. The van der Waals surface area contributed by atoms with E-state index in [9.17, 15) is 0 Å². The van der Waals surface area contributed by atoms with Crippen molar-refractivity contribution >= 4 is 5.69 Å². The van der Waals surface area contributed by atoms with Gasteiger partial charge in [0.1, 0.15) is 0 Å². The first-order valence-electron chi connectivity index (χ1n) is 5.35. The zero-order valence-corrected chi connectivity index (χ0v) is 9.12. The summed E-state index contributed by atoms with van der Waals surface area (Å²) >= 11 is 0. The van der Waals surface area contributed by atoms with Crippen molar-refractivity contribution in [2.24, 2.45) is 0 Å². The topological polar surface area (TPSA) is 47.3 Å². The van der Waals surface area contributed by atoms with Gasteiger partial charge in [-0.3, -0.25) is 0 Å². The molecule has 2 rings (SSSR count). The Kier molecular flexibility index (Phi) is 2.93. The quantitative estimate of drug-likeness (QED) is 0.737. The molecular weight excluding hydrogens is 188 g/mol. The molecule has 1 aromatic carbocycles. The lowest BCUT2D eigenvalue weighted by Crippen LogP contribution is -2.42. The van der Waals surface area contributed by atoms with Crippen molar-refractivity contribution in [3.8, 4) is 0 Å². The Bertz CT molecular complexity index is 332. The van der Waals surface area contributed by atoms with Gasteiger partial charge < -0.3 is 15.8 Å². The summed E-state index contributed by atoms with van der Waals surface area (Å²) in [5.41, 5.74) is 7.90. The summed E-state index contributed by atoms with van der Waals surface area (Å²) in [7, 11) is 0. The van der Waals surface area contributed by atoms with Crippen LogP contribution >= 0.6 is 0 Å². The number of rotatable bonds is 3. The maximum atomic E-state index is 5.72. The molecule has 1 aliphatic heterocycles. The summed E-state index contributed by atoms with van der Waals surface area (Å²) in [5.74, 6) is 0. The lowest BCUT2D eigenvalue weighted by atomic mass is 10.0. The van der Waals surface area contributed by atoms with E-state index in [1.165, 1.54) is 5.56 Å². The Morgan fingerprint density at radius 3 is 3.07 bits per heavy atom. The molecule has 3 nitrogen and oxygen atoms in total. The maximum Gasteiger partial charge on any atom is 0.0646 e. The highest BCUT2D eigenvalue weighted by Gasteiger charge is 2.28. The molecule has 15 heavy (non-hydrogen) atoms. The van der Waals surface area contributed by atoms with Crippen molar-refractivity contribution in [1.29, 1.82) is 0 Å². The summed E-state index contributed by atoms with van der Waals surface area (Å²) < 4.78 is 5.39. The first-order chi connectivity index (χ1) is 7.18. The molecule has 0 radical (unpaired) electrons. The highest BCUT2D eigenvalue weighted by atomic mass is 16.5. The molecule has 1 atom stereocenters. The monoisotopic (exact) mass is 206 g/mol. The Morgan fingerprint density at radius 2 is 2.40 bits per heavy atom. The van der Waals surface area contributed by atoms with Crippen LogP contribution in [0.5, 0.6) is 0 Å². The van der Waals surface area contributed by atoms with Gasteiger partial charge in [0, 0.05) is 24.4 Å². The second-order valence-corrected chi connectivity index (χ2v) is 4.46. The van der Waals surface area contributed by atoms with E-state index in [4.69, 9.17) is 10.5 Å². The predicted octanol–water partition coefficient (Wildman–Crippen LogP) is 1.54. The van der Waals surface area contributed by atoms with Gasteiger partial charge in [0.05, 0.1) is 6.61 Å². The van der Waals surface area contributed by atoms with Crippen LogP contribution in [0.2, 0.25) is 0 Å². The normalized spacial score (nSPS) is 25.7. The van der Waals surface area contributed by atoms with Crippen LogP contribution in [0.15, 0.2) is 24.3 Å². The number of hydrogen-bond acceptors (Lipinski definition) is 3. The van der Waals surface area contributed by atoms with Gasteiger partial charge in [0.2, 0.25) is 0 Å². The largest absolute Gasteiger partial charge is 0.399 e. The van der Waals surface area contributed by atoms with Gasteiger partial charge in [-0.05, 0) is 31.0 Å². The van der Waals surface area contributed by atoms with E-state index >= 15 is 0 Å². The molecule has 3 heteroatoms. The van der Waals surface area contributed by atoms with Crippen molar-refractivity contribution in [3.63, 3.8) is 0 Å². The van der Waals surface area contributed by atoms with Crippen LogP contribution in [0.4, 0.5) is 5.69 Å². The van der Waals surface area contributed by atoms with Crippen LogP contribution in [-0.4, -0.2) is 18.8 Å². The molecule has 0 aromatic heterocycles. The minimum Gasteiger partial charge on any atom is -0.399 e. The van der Waals surface area contributed by atoms with Crippen LogP contribution in [0.3, 0.4) is 0 Å². The standard InChI is InChI=1S/C12H18N2O/c1-12(5-6-15-9-12)14-8-10-3-2-4-11(13)7-10/h2-4,7,14H,5-6,8-9,13H2,1H3. The third-order valence-corrected chi connectivity index (χ3v) is 2.89. The zero-order chi connectivity index (χ0) is 10.7. The first-order valence-corrected chi connectivity index (χ1v) is 5.35. The highest BCUT2D eigenvalue weighted by molar-refractivity contribution is 5.40.